The molecule has 28 heavy (non-hydrogen) atoms. The van der Waals surface area contributed by atoms with Gasteiger partial charge in [0.1, 0.15) is 17.1 Å². The van der Waals surface area contributed by atoms with E-state index < -0.39 is 34.3 Å². The number of hydrogen-bond donors (Lipinski definition) is 3. The van der Waals surface area contributed by atoms with Gasteiger partial charge >= 0.3 is 5.97 Å². The molecule has 0 aliphatic carbocycles. The molecule has 0 saturated heterocycles. The number of sulfonamides is 1. The number of amides is 1. The van der Waals surface area contributed by atoms with E-state index in [1.807, 2.05) is 0 Å². The molecule has 0 aromatic heterocycles. The zero-order chi connectivity index (χ0) is 20.9. The first-order valence-electron chi connectivity index (χ1n) is 8.09. The van der Waals surface area contributed by atoms with E-state index >= 15 is 0 Å². The Bertz CT molecular complexity index is 987. The number of hydrogen-bond acceptors (Lipinski definition) is 7. The molecule has 2 aromatic rings. The molecule has 0 aliphatic heterocycles. The number of esters is 1. The molecule has 3 N–H and O–H groups in total. The molecule has 2 aromatic carbocycles. The third kappa shape index (κ3) is 4.99. The summed E-state index contributed by atoms with van der Waals surface area (Å²) in [6, 6.07) is 9.55. The maximum Gasteiger partial charge on any atom is 0.342 e. The first-order valence-corrected chi connectivity index (χ1v) is 9.53. The molecule has 0 fully saturated rings. The smallest absolute Gasteiger partial charge is 0.342 e. The van der Waals surface area contributed by atoms with Gasteiger partial charge in [0.25, 0.3) is 5.91 Å². The van der Waals surface area contributed by atoms with Gasteiger partial charge in [0.15, 0.2) is 6.61 Å². The number of carbonyl (C=O) groups is 2. The highest BCUT2D eigenvalue weighted by Gasteiger charge is 2.21. The van der Waals surface area contributed by atoms with Crippen LogP contribution in [0, 0.1) is 0 Å². The van der Waals surface area contributed by atoms with Gasteiger partial charge in [-0.25, -0.2) is 17.5 Å². The standard InChI is InChI=1S/C18H20N2O7S/c1-20(2)28(25,26)16-6-4-3-5-12(16)10-19-17(23)11-27-18(24)14-8-7-13(21)9-15(14)22/h3-9,21-22H,10-11H2,1-2H3,(H,19,23). The zero-order valence-electron chi connectivity index (χ0n) is 15.2. The zero-order valence-corrected chi connectivity index (χ0v) is 16.1. The van der Waals surface area contributed by atoms with Gasteiger partial charge in [-0.1, -0.05) is 18.2 Å². The molecule has 0 unspecified atom stereocenters. The highest BCUT2D eigenvalue weighted by atomic mass is 32.2. The first-order chi connectivity index (χ1) is 13.1. The molecular formula is C18H20N2O7S. The lowest BCUT2D eigenvalue weighted by molar-refractivity contribution is -0.124. The second-order valence-electron chi connectivity index (χ2n) is 5.95. The maximum absolute atomic E-state index is 12.3. The van der Waals surface area contributed by atoms with E-state index in [1.165, 1.54) is 26.2 Å². The van der Waals surface area contributed by atoms with Gasteiger partial charge < -0.3 is 20.3 Å². The average molecular weight is 408 g/mol. The van der Waals surface area contributed by atoms with Crippen LogP contribution in [0.2, 0.25) is 0 Å². The Labute approximate surface area is 162 Å². The van der Waals surface area contributed by atoms with Crippen LogP contribution in [-0.2, 0) is 26.1 Å². The fourth-order valence-corrected chi connectivity index (χ4v) is 3.36. The molecule has 2 rings (SSSR count). The topological polar surface area (TPSA) is 133 Å². The van der Waals surface area contributed by atoms with Gasteiger partial charge in [0.2, 0.25) is 10.0 Å². The van der Waals surface area contributed by atoms with E-state index in [-0.39, 0.29) is 22.8 Å². The Morgan fingerprint density at radius 3 is 2.43 bits per heavy atom. The molecule has 10 heteroatoms. The number of ether oxygens (including phenoxy) is 1. The second kappa shape index (κ2) is 8.72. The minimum atomic E-state index is -3.68. The summed E-state index contributed by atoms with van der Waals surface area (Å²) in [5.74, 6) is -2.29. The van der Waals surface area contributed by atoms with Crippen LogP contribution in [0.15, 0.2) is 47.4 Å². The number of phenolic OH excluding ortho intramolecular Hbond substituents is 2. The number of phenols is 2. The van der Waals surface area contributed by atoms with E-state index in [2.05, 4.69) is 5.32 Å². The van der Waals surface area contributed by atoms with Crippen molar-refractivity contribution in [3.05, 3.63) is 53.6 Å². The third-order valence-electron chi connectivity index (χ3n) is 3.74. The van der Waals surface area contributed by atoms with Crippen LogP contribution in [0.5, 0.6) is 11.5 Å². The molecular weight excluding hydrogens is 388 g/mol. The molecule has 0 atom stereocenters. The van der Waals surface area contributed by atoms with Crippen LogP contribution in [0.3, 0.4) is 0 Å². The van der Waals surface area contributed by atoms with Crippen molar-refractivity contribution in [3.8, 4) is 11.5 Å². The Kier molecular flexibility index (Phi) is 6.60. The SMILES string of the molecule is CN(C)S(=O)(=O)c1ccccc1CNC(=O)COC(=O)c1ccc(O)cc1O. The van der Waals surface area contributed by atoms with E-state index in [0.717, 1.165) is 16.4 Å². The minimum absolute atomic E-state index is 0.0614. The Morgan fingerprint density at radius 1 is 1.11 bits per heavy atom. The molecule has 9 nitrogen and oxygen atoms in total. The van der Waals surface area contributed by atoms with Crippen molar-refractivity contribution in [3.63, 3.8) is 0 Å². The van der Waals surface area contributed by atoms with Crippen molar-refractivity contribution in [1.82, 2.24) is 9.62 Å². The summed E-state index contributed by atoms with van der Waals surface area (Å²) in [4.78, 5) is 23.9. The molecule has 0 saturated carbocycles. The summed E-state index contributed by atoms with van der Waals surface area (Å²) < 4.78 is 30.5. The summed E-state index contributed by atoms with van der Waals surface area (Å²) in [5.41, 5.74) is 0.181. The lowest BCUT2D eigenvalue weighted by atomic mass is 10.2. The summed E-state index contributed by atoms with van der Waals surface area (Å²) in [5, 5.41) is 21.3. The highest BCUT2D eigenvalue weighted by Crippen LogP contribution is 2.23. The van der Waals surface area contributed by atoms with Crippen molar-refractivity contribution in [2.24, 2.45) is 0 Å². The normalized spacial score (nSPS) is 11.2. The van der Waals surface area contributed by atoms with Crippen LogP contribution in [0.1, 0.15) is 15.9 Å². The number of benzene rings is 2. The molecule has 0 radical (unpaired) electrons. The van der Waals surface area contributed by atoms with E-state index in [1.54, 1.807) is 18.2 Å². The van der Waals surface area contributed by atoms with E-state index in [4.69, 9.17) is 4.74 Å². The average Bonchev–Trinajstić information content (AvgIpc) is 2.64. The molecule has 0 bridgehead atoms. The third-order valence-corrected chi connectivity index (χ3v) is 5.66. The van der Waals surface area contributed by atoms with Crippen LogP contribution in [0.25, 0.3) is 0 Å². The van der Waals surface area contributed by atoms with E-state index in [0.29, 0.717) is 5.56 Å². The molecule has 0 spiro atoms. The fraction of sp³-hybridized carbons (Fsp3) is 0.222. The Balaban J connectivity index is 1.98. The number of nitrogens with zero attached hydrogens (tertiary/aromatic N) is 1. The van der Waals surface area contributed by atoms with Crippen molar-refractivity contribution >= 4 is 21.9 Å². The number of carbonyl (C=O) groups excluding carboxylic acids is 2. The van der Waals surface area contributed by atoms with Crippen LogP contribution in [-0.4, -0.2) is 55.5 Å². The first kappa shape index (κ1) is 21.2. The summed E-state index contributed by atoms with van der Waals surface area (Å²) in [6.45, 7) is -0.703. The van der Waals surface area contributed by atoms with Crippen molar-refractivity contribution in [2.75, 3.05) is 20.7 Å². The summed E-state index contributed by atoms with van der Waals surface area (Å²) >= 11 is 0. The summed E-state index contributed by atoms with van der Waals surface area (Å²) in [6.07, 6.45) is 0. The van der Waals surface area contributed by atoms with E-state index in [9.17, 15) is 28.2 Å². The Morgan fingerprint density at radius 2 is 1.79 bits per heavy atom. The van der Waals surface area contributed by atoms with Gasteiger partial charge in [-0.3, -0.25) is 4.79 Å². The van der Waals surface area contributed by atoms with Gasteiger partial charge in [0, 0.05) is 26.7 Å². The lowest BCUT2D eigenvalue weighted by Crippen LogP contribution is -2.30. The maximum atomic E-state index is 12.3. The summed E-state index contributed by atoms with van der Waals surface area (Å²) in [7, 11) is -0.866. The van der Waals surface area contributed by atoms with Crippen molar-refractivity contribution < 1.29 is 33.0 Å². The highest BCUT2D eigenvalue weighted by molar-refractivity contribution is 7.89. The van der Waals surface area contributed by atoms with Gasteiger partial charge in [-0.15, -0.1) is 0 Å². The second-order valence-corrected chi connectivity index (χ2v) is 8.07. The van der Waals surface area contributed by atoms with Crippen molar-refractivity contribution in [2.45, 2.75) is 11.4 Å². The van der Waals surface area contributed by atoms with Gasteiger partial charge in [-0.2, -0.15) is 0 Å². The number of aromatic hydroxyl groups is 2. The Hall–Kier alpha value is -3.11. The lowest BCUT2D eigenvalue weighted by Gasteiger charge is -2.15. The van der Waals surface area contributed by atoms with Crippen LogP contribution >= 0.6 is 0 Å². The molecule has 0 heterocycles. The van der Waals surface area contributed by atoms with Gasteiger partial charge in [0.05, 0.1) is 4.90 Å². The molecule has 1 amide bonds. The predicted octanol–water partition coefficient (Wildman–Crippen LogP) is 0.821. The monoisotopic (exact) mass is 408 g/mol. The number of nitrogens with one attached hydrogen (secondary N) is 1. The quantitative estimate of drug-likeness (QED) is 0.578. The van der Waals surface area contributed by atoms with Crippen molar-refractivity contribution in [1.29, 1.82) is 0 Å². The fourth-order valence-electron chi connectivity index (χ4n) is 2.24. The largest absolute Gasteiger partial charge is 0.508 e. The molecule has 150 valence electrons. The predicted molar refractivity (Wildman–Crippen MR) is 99.2 cm³/mol. The minimum Gasteiger partial charge on any atom is -0.508 e. The van der Waals surface area contributed by atoms with Gasteiger partial charge in [-0.05, 0) is 23.8 Å². The van der Waals surface area contributed by atoms with Crippen LogP contribution < -0.4 is 5.32 Å². The van der Waals surface area contributed by atoms with Crippen LogP contribution in [0.4, 0.5) is 0 Å². The number of rotatable bonds is 7. The molecule has 0 aliphatic rings.